The fourth-order valence-electron chi connectivity index (χ4n) is 1.65. The first-order chi connectivity index (χ1) is 9.24. The number of para-hydroxylation sites is 1. The Labute approximate surface area is 120 Å². The maximum Gasteiger partial charge on any atom is 0.259 e. The summed E-state index contributed by atoms with van der Waals surface area (Å²) in [7, 11) is 0. The number of fused-ring (bicyclic) bond motifs is 1. The van der Waals surface area contributed by atoms with E-state index < -0.39 is 0 Å². The number of hydrogen-bond acceptors (Lipinski definition) is 5. The molecule has 94 valence electrons. The molecule has 0 aliphatic rings. The lowest BCUT2D eigenvalue weighted by Crippen LogP contribution is -2.12. The van der Waals surface area contributed by atoms with Gasteiger partial charge in [0, 0.05) is 12.4 Å². The Morgan fingerprint density at radius 3 is 2.84 bits per heavy atom. The average Bonchev–Trinajstić information content (AvgIpc) is 2.83. The van der Waals surface area contributed by atoms with E-state index in [9.17, 15) is 4.79 Å². The second-order valence-electron chi connectivity index (χ2n) is 3.65. The highest BCUT2D eigenvalue weighted by atomic mass is 79.9. The van der Waals surface area contributed by atoms with Gasteiger partial charge in [0.1, 0.15) is 5.52 Å². The van der Waals surface area contributed by atoms with Crippen molar-refractivity contribution in [3.05, 3.63) is 46.1 Å². The van der Waals surface area contributed by atoms with Gasteiger partial charge in [-0.1, -0.05) is 17.4 Å². The minimum atomic E-state index is -0.243. The fraction of sp³-hybridized carbons (Fsp3) is 0. The fourth-order valence-corrected chi connectivity index (χ4v) is 2.75. The van der Waals surface area contributed by atoms with E-state index >= 15 is 0 Å². The Morgan fingerprint density at radius 2 is 2.05 bits per heavy atom. The zero-order chi connectivity index (χ0) is 13.2. The number of carbonyl (C=O) groups is 1. The average molecular weight is 335 g/mol. The van der Waals surface area contributed by atoms with Crippen molar-refractivity contribution < 1.29 is 4.79 Å². The number of halogens is 1. The lowest BCUT2D eigenvalue weighted by Gasteiger charge is -2.04. The van der Waals surface area contributed by atoms with Crippen molar-refractivity contribution in [1.82, 2.24) is 15.0 Å². The van der Waals surface area contributed by atoms with Crippen LogP contribution in [0, 0.1) is 0 Å². The van der Waals surface area contributed by atoms with Crippen LogP contribution in [0.2, 0.25) is 0 Å². The van der Waals surface area contributed by atoms with Gasteiger partial charge in [-0.3, -0.25) is 20.1 Å². The van der Waals surface area contributed by atoms with Crippen molar-refractivity contribution in [3.63, 3.8) is 0 Å². The molecule has 1 N–H and O–H groups in total. The number of carbonyl (C=O) groups excluding carboxylic acids is 1. The topological polar surface area (TPSA) is 67.8 Å². The first kappa shape index (κ1) is 12.2. The maximum absolute atomic E-state index is 12.2. The highest BCUT2D eigenvalue weighted by molar-refractivity contribution is 9.11. The number of rotatable bonds is 2. The monoisotopic (exact) mass is 334 g/mol. The van der Waals surface area contributed by atoms with E-state index in [1.165, 1.54) is 11.3 Å². The van der Waals surface area contributed by atoms with Gasteiger partial charge in [-0.15, -0.1) is 0 Å². The number of nitrogens with zero attached hydrogens (tertiary/aromatic N) is 3. The number of nitrogens with one attached hydrogen (secondary N) is 1. The second-order valence-corrected chi connectivity index (χ2v) is 6.06. The van der Waals surface area contributed by atoms with E-state index in [2.05, 4.69) is 36.2 Å². The SMILES string of the molecule is O=C(Nc1ncc(Br)s1)c1cccc2nccnc12. The predicted molar refractivity (Wildman–Crippen MR) is 77.3 cm³/mol. The Morgan fingerprint density at radius 1 is 1.21 bits per heavy atom. The highest BCUT2D eigenvalue weighted by Gasteiger charge is 2.13. The molecule has 7 heteroatoms. The summed E-state index contributed by atoms with van der Waals surface area (Å²) >= 11 is 4.65. The normalized spacial score (nSPS) is 10.6. The summed E-state index contributed by atoms with van der Waals surface area (Å²) < 4.78 is 0.862. The first-order valence-electron chi connectivity index (χ1n) is 5.36. The van der Waals surface area contributed by atoms with Gasteiger partial charge in [-0.05, 0) is 28.1 Å². The van der Waals surface area contributed by atoms with Crippen LogP contribution in [0.1, 0.15) is 10.4 Å². The number of anilines is 1. The summed E-state index contributed by atoms with van der Waals surface area (Å²) in [5, 5.41) is 3.28. The van der Waals surface area contributed by atoms with Crippen LogP contribution in [-0.2, 0) is 0 Å². The van der Waals surface area contributed by atoms with Crippen molar-refractivity contribution in [1.29, 1.82) is 0 Å². The van der Waals surface area contributed by atoms with Gasteiger partial charge in [0.05, 0.1) is 21.1 Å². The van der Waals surface area contributed by atoms with Crippen molar-refractivity contribution in [2.75, 3.05) is 5.32 Å². The van der Waals surface area contributed by atoms with E-state index in [1.807, 2.05) is 6.07 Å². The smallest absolute Gasteiger partial charge is 0.259 e. The molecule has 3 rings (SSSR count). The molecule has 0 spiro atoms. The number of thiazole rings is 1. The number of benzene rings is 1. The molecule has 0 fully saturated rings. The van der Waals surface area contributed by atoms with Gasteiger partial charge in [0.25, 0.3) is 5.91 Å². The first-order valence-corrected chi connectivity index (χ1v) is 6.97. The molecule has 2 heterocycles. The largest absolute Gasteiger partial charge is 0.298 e. The van der Waals surface area contributed by atoms with Crippen LogP contribution >= 0.6 is 27.3 Å². The molecule has 1 amide bonds. The maximum atomic E-state index is 12.2. The molecule has 0 aliphatic carbocycles. The summed E-state index contributed by atoms with van der Waals surface area (Å²) in [6.07, 6.45) is 4.81. The van der Waals surface area contributed by atoms with Crippen LogP contribution in [0.25, 0.3) is 11.0 Å². The zero-order valence-electron chi connectivity index (χ0n) is 9.50. The van der Waals surface area contributed by atoms with Gasteiger partial charge >= 0.3 is 0 Å². The molecule has 0 aliphatic heterocycles. The predicted octanol–water partition coefficient (Wildman–Crippen LogP) is 3.10. The molecule has 0 unspecified atom stereocenters. The summed E-state index contributed by atoms with van der Waals surface area (Å²) in [5.41, 5.74) is 1.76. The lowest BCUT2D eigenvalue weighted by molar-refractivity contribution is 0.102. The minimum Gasteiger partial charge on any atom is -0.298 e. The Bertz CT molecular complexity index is 753. The Kier molecular flexibility index (Phi) is 3.22. The van der Waals surface area contributed by atoms with Crippen molar-refractivity contribution in [3.8, 4) is 0 Å². The molecular weight excluding hydrogens is 328 g/mol. The molecule has 0 radical (unpaired) electrons. The van der Waals surface area contributed by atoms with Gasteiger partial charge in [0.15, 0.2) is 5.13 Å². The van der Waals surface area contributed by atoms with Crippen molar-refractivity contribution in [2.24, 2.45) is 0 Å². The summed E-state index contributed by atoms with van der Waals surface area (Å²) in [5.74, 6) is -0.243. The van der Waals surface area contributed by atoms with E-state index in [0.717, 1.165) is 3.79 Å². The molecule has 3 aromatic rings. The molecule has 5 nitrogen and oxygen atoms in total. The van der Waals surface area contributed by atoms with Crippen LogP contribution < -0.4 is 5.32 Å². The quantitative estimate of drug-likeness (QED) is 0.781. The zero-order valence-corrected chi connectivity index (χ0v) is 11.9. The summed E-state index contributed by atoms with van der Waals surface area (Å²) in [6.45, 7) is 0. The highest BCUT2D eigenvalue weighted by Crippen LogP contribution is 2.24. The van der Waals surface area contributed by atoms with Crippen molar-refractivity contribution >= 4 is 49.3 Å². The third-order valence-electron chi connectivity index (χ3n) is 2.44. The third-order valence-corrected chi connectivity index (χ3v) is 3.83. The summed E-state index contributed by atoms with van der Waals surface area (Å²) in [4.78, 5) is 24.6. The summed E-state index contributed by atoms with van der Waals surface area (Å²) in [6, 6.07) is 5.32. The molecule has 0 saturated carbocycles. The molecule has 0 bridgehead atoms. The second kappa shape index (κ2) is 5.02. The van der Waals surface area contributed by atoms with E-state index in [4.69, 9.17) is 0 Å². The molecule has 1 aromatic carbocycles. The minimum absolute atomic E-state index is 0.243. The van der Waals surface area contributed by atoms with Crippen LogP contribution in [0.3, 0.4) is 0 Å². The Hall–Kier alpha value is -1.86. The van der Waals surface area contributed by atoms with Crippen molar-refractivity contribution in [2.45, 2.75) is 0 Å². The van der Waals surface area contributed by atoms with E-state index in [1.54, 1.807) is 30.7 Å². The molecule has 2 aromatic heterocycles. The number of hydrogen-bond donors (Lipinski definition) is 1. The molecule has 0 saturated heterocycles. The van der Waals surface area contributed by atoms with Crippen LogP contribution in [0.4, 0.5) is 5.13 Å². The standard InChI is InChI=1S/C12H7BrN4OS/c13-9-6-16-12(19-9)17-11(18)7-2-1-3-8-10(7)15-5-4-14-8/h1-6H,(H,16,17,18). The lowest BCUT2D eigenvalue weighted by atomic mass is 10.1. The number of aromatic nitrogens is 3. The molecule has 19 heavy (non-hydrogen) atoms. The van der Waals surface area contributed by atoms with Crippen LogP contribution in [0.5, 0.6) is 0 Å². The van der Waals surface area contributed by atoms with Gasteiger partial charge in [-0.2, -0.15) is 0 Å². The third kappa shape index (κ3) is 2.47. The molecular formula is C12H7BrN4OS. The van der Waals surface area contributed by atoms with E-state index in [0.29, 0.717) is 21.7 Å². The number of amides is 1. The van der Waals surface area contributed by atoms with Crippen LogP contribution in [-0.4, -0.2) is 20.9 Å². The Balaban J connectivity index is 1.97. The van der Waals surface area contributed by atoms with Gasteiger partial charge < -0.3 is 0 Å². The molecule has 0 atom stereocenters. The van der Waals surface area contributed by atoms with E-state index in [-0.39, 0.29) is 5.91 Å². The van der Waals surface area contributed by atoms with Gasteiger partial charge in [0.2, 0.25) is 0 Å². The van der Waals surface area contributed by atoms with Gasteiger partial charge in [-0.25, -0.2) is 4.98 Å². The van der Waals surface area contributed by atoms with Crippen LogP contribution in [0.15, 0.2) is 40.6 Å².